The van der Waals surface area contributed by atoms with Crippen LogP contribution in [0.1, 0.15) is 31.7 Å². The van der Waals surface area contributed by atoms with E-state index in [9.17, 15) is 4.79 Å². The van der Waals surface area contributed by atoms with Crippen molar-refractivity contribution in [1.29, 1.82) is 0 Å². The molecule has 16 heavy (non-hydrogen) atoms. The molecule has 0 spiro atoms. The summed E-state index contributed by atoms with van der Waals surface area (Å²) in [5, 5.41) is 0. The molecule has 0 bridgehead atoms. The Morgan fingerprint density at radius 3 is 2.69 bits per heavy atom. The normalized spacial score (nSPS) is 14.2. The quantitative estimate of drug-likeness (QED) is 0.829. The molecule has 0 saturated carbocycles. The third-order valence-corrected chi connectivity index (χ3v) is 3.03. The zero-order chi connectivity index (χ0) is 12.1. The van der Waals surface area contributed by atoms with E-state index in [0.717, 1.165) is 17.7 Å². The van der Waals surface area contributed by atoms with E-state index < -0.39 is 0 Å². The minimum absolute atomic E-state index is 0.118. The fourth-order valence-corrected chi connectivity index (χ4v) is 1.96. The highest BCUT2D eigenvalue weighted by atomic mass is 16.5. The Bertz CT molecular complexity index is 363. The average molecular weight is 221 g/mol. The van der Waals surface area contributed by atoms with Crippen molar-refractivity contribution in [2.24, 2.45) is 11.7 Å². The lowest BCUT2D eigenvalue weighted by molar-refractivity contribution is -0.122. The van der Waals surface area contributed by atoms with E-state index in [1.165, 1.54) is 0 Å². The standard InChI is InChI=1S/C13H19NO2/c1-4-12(13(14)15)9(2)10-6-5-7-11(8-10)16-3/h5-9,12H,4H2,1-3H3,(H2,14,15)/t9-,12?/m0/s1. The molecule has 0 aliphatic carbocycles. The van der Waals surface area contributed by atoms with Crippen LogP contribution in [-0.2, 0) is 4.79 Å². The highest BCUT2D eigenvalue weighted by Crippen LogP contribution is 2.28. The van der Waals surface area contributed by atoms with Gasteiger partial charge < -0.3 is 10.5 Å². The van der Waals surface area contributed by atoms with Gasteiger partial charge in [-0.05, 0) is 30.0 Å². The third kappa shape index (κ3) is 2.75. The Labute approximate surface area is 96.6 Å². The number of primary amides is 1. The molecule has 1 aromatic carbocycles. The highest BCUT2D eigenvalue weighted by molar-refractivity contribution is 5.77. The van der Waals surface area contributed by atoms with E-state index in [1.54, 1.807) is 7.11 Å². The number of nitrogens with two attached hydrogens (primary N) is 1. The second kappa shape index (κ2) is 5.54. The fourth-order valence-electron chi connectivity index (χ4n) is 1.96. The van der Waals surface area contributed by atoms with Crippen LogP contribution in [0.4, 0.5) is 0 Å². The zero-order valence-electron chi connectivity index (χ0n) is 10.1. The summed E-state index contributed by atoms with van der Waals surface area (Å²) in [5.74, 6) is 0.575. The van der Waals surface area contributed by atoms with Crippen molar-refractivity contribution in [3.05, 3.63) is 29.8 Å². The molecule has 0 fully saturated rings. The van der Waals surface area contributed by atoms with Crippen LogP contribution >= 0.6 is 0 Å². The van der Waals surface area contributed by atoms with Gasteiger partial charge in [0.1, 0.15) is 5.75 Å². The SMILES string of the molecule is CCC(C(N)=O)[C@@H](C)c1cccc(OC)c1. The lowest BCUT2D eigenvalue weighted by atomic mass is 9.85. The number of benzene rings is 1. The Morgan fingerprint density at radius 1 is 1.50 bits per heavy atom. The Hall–Kier alpha value is -1.51. The molecule has 0 heterocycles. The third-order valence-electron chi connectivity index (χ3n) is 3.03. The van der Waals surface area contributed by atoms with Crippen LogP contribution in [-0.4, -0.2) is 13.0 Å². The van der Waals surface area contributed by atoms with Crippen molar-refractivity contribution in [3.63, 3.8) is 0 Å². The first-order valence-electron chi connectivity index (χ1n) is 5.53. The number of carbonyl (C=O) groups is 1. The van der Waals surface area contributed by atoms with E-state index in [2.05, 4.69) is 0 Å². The van der Waals surface area contributed by atoms with Gasteiger partial charge in [-0.3, -0.25) is 4.79 Å². The van der Waals surface area contributed by atoms with Crippen LogP contribution in [0.3, 0.4) is 0 Å². The fraction of sp³-hybridized carbons (Fsp3) is 0.462. The molecule has 3 nitrogen and oxygen atoms in total. The van der Waals surface area contributed by atoms with Crippen molar-refractivity contribution in [3.8, 4) is 5.75 Å². The Balaban J connectivity index is 2.93. The van der Waals surface area contributed by atoms with Crippen molar-refractivity contribution >= 4 is 5.91 Å². The van der Waals surface area contributed by atoms with E-state index in [4.69, 9.17) is 10.5 Å². The number of ether oxygens (including phenoxy) is 1. The van der Waals surface area contributed by atoms with Gasteiger partial charge in [0.25, 0.3) is 0 Å². The van der Waals surface area contributed by atoms with Crippen LogP contribution in [0.2, 0.25) is 0 Å². The van der Waals surface area contributed by atoms with Gasteiger partial charge in [0.05, 0.1) is 7.11 Å². The molecular weight excluding hydrogens is 202 g/mol. The topological polar surface area (TPSA) is 52.3 Å². The molecule has 0 aromatic heterocycles. The van der Waals surface area contributed by atoms with Gasteiger partial charge >= 0.3 is 0 Å². The van der Waals surface area contributed by atoms with Crippen LogP contribution in [0, 0.1) is 5.92 Å². The minimum atomic E-state index is -0.238. The number of amides is 1. The molecule has 1 unspecified atom stereocenters. The molecule has 88 valence electrons. The summed E-state index contributed by atoms with van der Waals surface area (Å²) in [6.07, 6.45) is 0.758. The van der Waals surface area contributed by atoms with Gasteiger partial charge in [-0.1, -0.05) is 26.0 Å². The summed E-state index contributed by atoms with van der Waals surface area (Å²) in [7, 11) is 1.63. The monoisotopic (exact) mass is 221 g/mol. The lowest BCUT2D eigenvalue weighted by Crippen LogP contribution is -2.27. The molecule has 2 N–H and O–H groups in total. The number of hydrogen-bond acceptors (Lipinski definition) is 2. The molecule has 2 atom stereocenters. The highest BCUT2D eigenvalue weighted by Gasteiger charge is 2.22. The second-order valence-electron chi connectivity index (χ2n) is 3.98. The number of rotatable bonds is 5. The Kier molecular flexibility index (Phi) is 4.35. The first kappa shape index (κ1) is 12.6. The summed E-state index contributed by atoms with van der Waals surface area (Å²) in [4.78, 5) is 11.3. The number of carbonyl (C=O) groups excluding carboxylic acids is 1. The van der Waals surface area contributed by atoms with Crippen molar-refractivity contribution in [2.75, 3.05) is 7.11 Å². The summed E-state index contributed by atoms with van der Waals surface area (Å²) in [6.45, 7) is 4.00. The maximum absolute atomic E-state index is 11.3. The number of hydrogen-bond donors (Lipinski definition) is 1. The summed E-state index contributed by atoms with van der Waals surface area (Å²) < 4.78 is 5.16. The van der Waals surface area contributed by atoms with Crippen LogP contribution < -0.4 is 10.5 Å². The summed E-state index contributed by atoms with van der Waals surface area (Å²) in [6, 6.07) is 7.77. The minimum Gasteiger partial charge on any atom is -0.497 e. The first-order valence-corrected chi connectivity index (χ1v) is 5.53. The smallest absolute Gasteiger partial charge is 0.221 e. The van der Waals surface area contributed by atoms with Crippen LogP contribution in [0.25, 0.3) is 0 Å². The van der Waals surface area contributed by atoms with Gasteiger partial charge in [0.2, 0.25) is 5.91 Å². The van der Waals surface area contributed by atoms with Gasteiger partial charge in [-0.15, -0.1) is 0 Å². The first-order chi connectivity index (χ1) is 7.60. The maximum Gasteiger partial charge on any atom is 0.221 e. The molecule has 0 aliphatic rings. The molecule has 1 rings (SSSR count). The number of methoxy groups -OCH3 is 1. The van der Waals surface area contributed by atoms with Gasteiger partial charge in [0.15, 0.2) is 0 Å². The van der Waals surface area contributed by atoms with Crippen molar-refractivity contribution in [2.45, 2.75) is 26.2 Å². The van der Waals surface area contributed by atoms with Gasteiger partial charge in [-0.25, -0.2) is 0 Å². The van der Waals surface area contributed by atoms with Gasteiger partial charge in [-0.2, -0.15) is 0 Å². The molecule has 0 aliphatic heterocycles. The van der Waals surface area contributed by atoms with E-state index in [0.29, 0.717) is 0 Å². The largest absolute Gasteiger partial charge is 0.497 e. The molecule has 0 radical (unpaired) electrons. The van der Waals surface area contributed by atoms with E-state index >= 15 is 0 Å². The molecule has 0 saturated heterocycles. The van der Waals surface area contributed by atoms with Crippen molar-refractivity contribution in [1.82, 2.24) is 0 Å². The lowest BCUT2D eigenvalue weighted by Gasteiger charge is -2.20. The van der Waals surface area contributed by atoms with E-state index in [-0.39, 0.29) is 17.7 Å². The zero-order valence-corrected chi connectivity index (χ0v) is 10.1. The Morgan fingerprint density at radius 2 is 2.19 bits per heavy atom. The van der Waals surface area contributed by atoms with Crippen LogP contribution in [0.5, 0.6) is 5.75 Å². The predicted octanol–water partition coefficient (Wildman–Crippen LogP) is 2.31. The summed E-state index contributed by atoms with van der Waals surface area (Å²) in [5.41, 5.74) is 6.47. The van der Waals surface area contributed by atoms with Crippen molar-refractivity contribution < 1.29 is 9.53 Å². The average Bonchev–Trinajstić information content (AvgIpc) is 2.29. The molecule has 1 amide bonds. The van der Waals surface area contributed by atoms with E-state index in [1.807, 2.05) is 38.1 Å². The summed E-state index contributed by atoms with van der Waals surface area (Å²) >= 11 is 0. The van der Waals surface area contributed by atoms with Gasteiger partial charge in [0, 0.05) is 5.92 Å². The molecule has 1 aromatic rings. The second-order valence-corrected chi connectivity index (χ2v) is 3.98. The molecule has 3 heteroatoms. The predicted molar refractivity (Wildman–Crippen MR) is 64.4 cm³/mol. The molecular formula is C13H19NO2. The van der Waals surface area contributed by atoms with Crippen LogP contribution in [0.15, 0.2) is 24.3 Å². The maximum atomic E-state index is 11.3.